The van der Waals surface area contributed by atoms with Crippen molar-refractivity contribution in [1.29, 1.82) is 0 Å². The maximum atomic E-state index is 12.8. The molecule has 1 saturated carbocycles. The van der Waals surface area contributed by atoms with E-state index < -0.39 is 0 Å². The van der Waals surface area contributed by atoms with Crippen LogP contribution >= 0.6 is 0 Å². The Hall–Kier alpha value is -2.54. The van der Waals surface area contributed by atoms with Crippen LogP contribution in [0.15, 0.2) is 36.5 Å². The van der Waals surface area contributed by atoms with Crippen molar-refractivity contribution >= 4 is 5.91 Å². The second-order valence-electron chi connectivity index (χ2n) is 5.79. The predicted molar refractivity (Wildman–Crippen MR) is 90.0 cm³/mol. The van der Waals surface area contributed by atoms with E-state index in [0.29, 0.717) is 18.2 Å². The number of nitrogens with zero attached hydrogens (tertiary/aromatic N) is 3. The molecule has 1 aromatic heterocycles. The van der Waals surface area contributed by atoms with Gasteiger partial charge in [0.1, 0.15) is 0 Å². The average molecular weight is 307 g/mol. The van der Waals surface area contributed by atoms with Crippen LogP contribution in [0.3, 0.4) is 0 Å². The molecule has 4 nitrogen and oxygen atoms in total. The average Bonchev–Trinajstić information content (AvgIpc) is 3.34. The third-order valence-electron chi connectivity index (χ3n) is 4.14. The summed E-state index contributed by atoms with van der Waals surface area (Å²) in [4.78, 5) is 14.7. The van der Waals surface area contributed by atoms with Gasteiger partial charge in [-0.15, -0.1) is 0 Å². The molecule has 0 unspecified atom stereocenters. The first kappa shape index (κ1) is 15.4. The lowest BCUT2D eigenvalue weighted by Gasteiger charge is -2.19. The number of carbonyl (C=O) groups is 1. The molecule has 0 N–H and O–H groups in total. The van der Waals surface area contributed by atoms with Crippen LogP contribution < -0.4 is 0 Å². The van der Waals surface area contributed by atoms with Crippen molar-refractivity contribution in [2.24, 2.45) is 0 Å². The first-order chi connectivity index (χ1) is 11.2. The summed E-state index contributed by atoms with van der Waals surface area (Å²) in [6.07, 6.45) is 3.82. The summed E-state index contributed by atoms with van der Waals surface area (Å²) in [6.45, 7) is 5.22. The van der Waals surface area contributed by atoms with E-state index in [0.717, 1.165) is 30.6 Å². The molecule has 0 radical (unpaired) electrons. The standard InChI is InChI=1S/C19H21N3O/c1-3-22-15(2)18(14-20-22)19(23)21(17-11-12-17)13-7-10-16-8-5-4-6-9-16/h4-6,8-9,14,17H,3,11-13H2,1-2H3. The molecule has 1 heterocycles. The van der Waals surface area contributed by atoms with Crippen molar-refractivity contribution in [3.05, 3.63) is 53.3 Å². The highest BCUT2D eigenvalue weighted by Crippen LogP contribution is 2.28. The monoisotopic (exact) mass is 307 g/mol. The summed E-state index contributed by atoms with van der Waals surface area (Å²) < 4.78 is 1.86. The van der Waals surface area contributed by atoms with Crippen molar-refractivity contribution in [3.63, 3.8) is 0 Å². The van der Waals surface area contributed by atoms with Crippen molar-refractivity contribution in [3.8, 4) is 11.8 Å². The fourth-order valence-electron chi connectivity index (χ4n) is 2.63. The number of benzene rings is 1. The van der Waals surface area contributed by atoms with E-state index in [9.17, 15) is 4.79 Å². The van der Waals surface area contributed by atoms with Gasteiger partial charge in [0.05, 0.1) is 18.3 Å². The Kier molecular flexibility index (Phi) is 4.47. The lowest BCUT2D eigenvalue weighted by Crippen LogP contribution is -2.33. The van der Waals surface area contributed by atoms with Crippen LogP contribution in [0, 0.1) is 18.8 Å². The van der Waals surface area contributed by atoms with Gasteiger partial charge in [-0.25, -0.2) is 0 Å². The molecule has 3 rings (SSSR count). The first-order valence-corrected chi connectivity index (χ1v) is 8.08. The molecule has 1 aliphatic rings. The third kappa shape index (κ3) is 3.45. The van der Waals surface area contributed by atoms with Gasteiger partial charge in [0, 0.05) is 23.8 Å². The van der Waals surface area contributed by atoms with Crippen molar-refractivity contribution in [2.45, 2.75) is 39.3 Å². The van der Waals surface area contributed by atoms with Crippen LogP contribution in [-0.2, 0) is 6.54 Å². The van der Waals surface area contributed by atoms with E-state index in [1.807, 2.05) is 53.8 Å². The number of carbonyl (C=O) groups excluding carboxylic acids is 1. The van der Waals surface area contributed by atoms with E-state index in [4.69, 9.17) is 0 Å². The van der Waals surface area contributed by atoms with Gasteiger partial charge in [0.15, 0.2) is 0 Å². The van der Waals surface area contributed by atoms with Crippen molar-refractivity contribution in [1.82, 2.24) is 14.7 Å². The number of hydrogen-bond donors (Lipinski definition) is 0. The van der Waals surface area contributed by atoms with Crippen LogP contribution in [0.25, 0.3) is 0 Å². The second-order valence-corrected chi connectivity index (χ2v) is 5.79. The molecule has 1 amide bonds. The smallest absolute Gasteiger partial charge is 0.258 e. The molecule has 0 saturated heterocycles. The zero-order valence-electron chi connectivity index (χ0n) is 13.6. The molecular formula is C19H21N3O. The first-order valence-electron chi connectivity index (χ1n) is 8.08. The minimum atomic E-state index is 0.0482. The fraction of sp³-hybridized carbons (Fsp3) is 0.368. The van der Waals surface area contributed by atoms with Crippen molar-refractivity contribution < 1.29 is 4.79 Å². The molecule has 23 heavy (non-hydrogen) atoms. The largest absolute Gasteiger partial charge is 0.324 e. The molecule has 1 aromatic carbocycles. The molecule has 2 aromatic rings. The maximum absolute atomic E-state index is 12.8. The number of hydrogen-bond acceptors (Lipinski definition) is 2. The highest BCUT2D eigenvalue weighted by Gasteiger charge is 2.33. The molecule has 0 spiro atoms. The number of amides is 1. The Morgan fingerprint density at radius 1 is 1.35 bits per heavy atom. The minimum Gasteiger partial charge on any atom is -0.324 e. The highest BCUT2D eigenvalue weighted by molar-refractivity contribution is 5.95. The van der Waals surface area contributed by atoms with E-state index in [-0.39, 0.29) is 5.91 Å². The maximum Gasteiger partial charge on any atom is 0.258 e. The minimum absolute atomic E-state index is 0.0482. The van der Waals surface area contributed by atoms with Gasteiger partial charge in [-0.3, -0.25) is 9.48 Å². The molecule has 1 fully saturated rings. The summed E-state index contributed by atoms with van der Waals surface area (Å²) in [6, 6.07) is 10.2. The topological polar surface area (TPSA) is 38.1 Å². The Morgan fingerprint density at radius 2 is 2.09 bits per heavy atom. The predicted octanol–water partition coefficient (Wildman–Crippen LogP) is 2.87. The Labute approximate surface area is 137 Å². The number of aryl methyl sites for hydroxylation is 1. The normalized spacial score (nSPS) is 13.3. The lowest BCUT2D eigenvalue weighted by molar-refractivity contribution is 0.0765. The molecule has 1 aliphatic carbocycles. The number of rotatable bonds is 4. The lowest BCUT2D eigenvalue weighted by atomic mass is 10.2. The second kappa shape index (κ2) is 6.70. The van der Waals surface area contributed by atoms with E-state index in [2.05, 4.69) is 16.9 Å². The van der Waals surface area contributed by atoms with Crippen LogP contribution in [0.4, 0.5) is 0 Å². The number of aromatic nitrogens is 2. The van der Waals surface area contributed by atoms with Gasteiger partial charge in [-0.1, -0.05) is 30.0 Å². The van der Waals surface area contributed by atoms with Gasteiger partial charge < -0.3 is 4.90 Å². The summed E-state index contributed by atoms with van der Waals surface area (Å²) in [5.74, 6) is 6.32. The molecule has 118 valence electrons. The fourth-order valence-corrected chi connectivity index (χ4v) is 2.63. The van der Waals surface area contributed by atoms with Gasteiger partial charge in [0.2, 0.25) is 0 Å². The van der Waals surface area contributed by atoms with Crippen LogP contribution in [0.5, 0.6) is 0 Å². The third-order valence-corrected chi connectivity index (χ3v) is 4.14. The summed E-state index contributed by atoms with van der Waals surface area (Å²) in [7, 11) is 0. The molecule has 0 aliphatic heterocycles. The summed E-state index contributed by atoms with van der Waals surface area (Å²) >= 11 is 0. The van der Waals surface area contributed by atoms with Gasteiger partial charge >= 0.3 is 0 Å². The van der Waals surface area contributed by atoms with E-state index >= 15 is 0 Å². The Morgan fingerprint density at radius 3 is 2.70 bits per heavy atom. The molecule has 4 heteroatoms. The summed E-state index contributed by atoms with van der Waals surface area (Å²) in [5.41, 5.74) is 2.60. The Bertz CT molecular complexity index is 748. The van der Waals surface area contributed by atoms with Crippen LogP contribution in [0.1, 0.15) is 41.4 Å². The van der Waals surface area contributed by atoms with E-state index in [1.54, 1.807) is 6.20 Å². The zero-order chi connectivity index (χ0) is 16.2. The van der Waals surface area contributed by atoms with E-state index in [1.165, 1.54) is 0 Å². The Balaban J connectivity index is 1.75. The van der Waals surface area contributed by atoms with Gasteiger partial charge in [-0.2, -0.15) is 5.10 Å². The SMILES string of the molecule is CCn1ncc(C(=O)N(CC#Cc2ccccc2)C2CC2)c1C. The van der Waals surface area contributed by atoms with Crippen LogP contribution in [0.2, 0.25) is 0 Å². The molecular weight excluding hydrogens is 286 g/mol. The zero-order valence-corrected chi connectivity index (χ0v) is 13.6. The quantitative estimate of drug-likeness (QED) is 0.815. The van der Waals surface area contributed by atoms with Gasteiger partial charge in [-0.05, 0) is 38.8 Å². The molecule has 0 atom stereocenters. The van der Waals surface area contributed by atoms with Gasteiger partial charge in [0.25, 0.3) is 5.91 Å². The van der Waals surface area contributed by atoms with Crippen LogP contribution in [-0.4, -0.2) is 33.2 Å². The highest BCUT2D eigenvalue weighted by atomic mass is 16.2. The van der Waals surface area contributed by atoms with Crippen molar-refractivity contribution in [2.75, 3.05) is 6.54 Å². The molecule has 0 bridgehead atoms. The summed E-state index contributed by atoms with van der Waals surface area (Å²) in [5, 5.41) is 4.28.